The largest absolute Gasteiger partial charge is 0.377 e. The topological polar surface area (TPSA) is 50.8 Å². The molecule has 0 aromatic heterocycles. The summed E-state index contributed by atoms with van der Waals surface area (Å²) in [5, 5.41) is 3.04. The number of amides is 2. The van der Waals surface area contributed by atoms with Crippen LogP contribution in [0.25, 0.3) is 0 Å². The van der Waals surface area contributed by atoms with Crippen LogP contribution in [-0.2, 0) is 28.9 Å². The number of ether oxygens (including phenoxy) is 2. The average molecular weight is 304 g/mol. The fourth-order valence-corrected chi connectivity index (χ4v) is 3.15. The van der Waals surface area contributed by atoms with Crippen LogP contribution in [0, 0.1) is 0 Å². The van der Waals surface area contributed by atoms with Crippen LogP contribution in [0.1, 0.15) is 23.6 Å². The minimum absolute atomic E-state index is 0.0252. The molecule has 120 valence electrons. The van der Waals surface area contributed by atoms with Gasteiger partial charge in [0.25, 0.3) is 0 Å². The number of benzene rings is 1. The fraction of sp³-hybridized carbons (Fsp3) is 0.588. The molecule has 1 saturated heterocycles. The Kier molecular flexibility index (Phi) is 4.64. The monoisotopic (exact) mass is 304 g/mol. The normalized spacial score (nSPS) is 24.2. The summed E-state index contributed by atoms with van der Waals surface area (Å²) in [4.78, 5) is 14.3. The molecule has 5 heteroatoms. The van der Waals surface area contributed by atoms with Crippen molar-refractivity contribution in [2.45, 2.75) is 38.5 Å². The molecule has 22 heavy (non-hydrogen) atoms. The molecule has 5 nitrogen and oxygen atoms in total. The number of urea groups is 1. The Labute approximate surface area is 131 Å². The summed E-state index contributed by atoms with van der Waals surface area (Å²) in [5.41, 5.74) is 4.00. The van der Waals surface area contributed by atoms with Gasteiger partial charge in [0, 0.05) is 20.2 Å². The summed E-state index contributed by atoms with van der Waals surface area (Å²) in [6.45, 7) is 4.67. The highest BCUT2D eigenvalue weighted by atomic mass is 16.5. The first-order valence-corrected chi connectivity index (χ1v) is 7.98. The number of hydrogen-bond acceptors (Lipinski definition) is 3. The molecule has 0 saturated carbocycles. The molecule has 1 aromatic carbocycles. The van der Waals surface area contributed by atoms with E-state index in [1.54, 1.807) is 7.11 Å². The van der Waals surface area contributed by atoms with E-state index >= 15 is 0 Å². The fourth-order valence-electron chi connectivity index (χ4n) is 3.15. The summed E-state index contributed by atoms with van der Waals surface area (Å²) >= 11 is 0. The Morgan fingerprint density at radius 3 is 3.05 bits per heavy atom. The van der Waals surface area contributed by atoms with E-state index in [1.165, 1.54) is 16.7 Å². The van der Waals surface area contributed by atoms with Gasteiger partial charge >= 0.3 is 6.03 Å². The number of carbonyl (C=O) groups is 1. The molecule has 0 spiro atoms. The number of carbonyl (C=O) groups excluding carboxylic acids is 1. The Hall–Kier alpha value is -1.59. The van der Waals surface area contributed by atoms with Crippen LogP contribution in [0.15, 0.2) is 18.2 Å². The maximum atomic E-state index is 12.5. The first-order chi connectivity index (χ1) is 10.7. The van der Waals surface area contributed by atoms with Crippen LogP contribution in [0.2, 0.25) is 0 Å². The minimum Gasteiger partial charge on any atom is -0.377 e. The number of aryl methyl sites for hydroxylation is 1. The summed E-state index contributed by atoms with van der Waals surface area (Å²) in [7, 11) is 1.65. The Morgan fingerprint density at radius 2 is 2.27 bits per heavy atom. The second kappa shape index (κ2) is 6.67. The van der Waals surface area contributed by atoms with Crippen molar-refractivity contribution in [3.8, 4) is 0 Å². The van der Waals surface area contributed by atoms with Crippen molar-refractivity contribution < 1.29 is 14.3 Å². The van der Waals surface area contributed by atoms with Gasteiger partial charge in [-0.25, -0.2) is 4.79 Å². The van der Waals surface area contributed by atoms with Gasteiger partial charge < -0.3 is 19.7 Å². The molecule has 1 fully saturated rings. The van der Waals surface area contributed by atoms with Gasteiger partial charge in [0.2, 0.25) is 0 Å². The van der Waals surface area contributed by atoms with Gasteiger partial charge in [-0.05, 0) is 29.5 Å². The molecular formula is C17H24N2O3. The third-order valence-corrected chi connectivity index (χ3v) is 4.62. The first kappa shape index (κ1) is 15.3. The van der Waals surface area contributed by atoms with Gasteiger partial charge in [0.15, 0.2) is 0 Å². The van der Waals surface area contributed by atoms with E-state index in [4.69, 9.17) is 9.47 Å². The van der Waals surface area contributed by atoms with Gasteiger partial charge in [-0.1, -0.05) is 25.1 Å². The Balaban J connectivity index is 1.62. The van der Waals surface area contributed by atoms with Crippen molar-refractivity contribution >= 4 is 6.03 Å². The van der Waals surface area contributed by atoms with Crippen LogP contribution < -0.4 is 5.32 Å². The molecule has 0 bridgehead atoms. The second-order valence-corrected chi connectivity index (χ2v) is 6.00. The van der Waals surface area contributed by atoms with E-state index in [0.29, 0.717) is 19.8 Å². The lowest BCUT2D eigenvalue weighted by Crippen LogP contribution is -2.50. The Morgan fingerprint density at radius 1 is 1.41 bits per heavy atom. The summed E-state index contributed by atoms with van der Waals surface area (Å²) < 4.78 is 10.7. The van der Waals surface area contributed by atoms with Gasteiger partial charge in [0.05, 0.1) is 19.3 Å². The maximum Gasteiger partial charge on any atom is 0.318 e. The van der Waals surface area contributed by atoms with Crippen molar-refractivity contribution in [3.05, 3.63) is 34.9 Å². The van der Waals surface area contributed by atoms with E-state index in [-0.39, 0.29) is 18.2 Å². The summed E-state index contributed by atoms with van der Waals surface area (Å²) in [6.07, 6.45) is 1.93. The van der Waals surface area contributed by atoms with Crippen LogP contribution in [0.4, 0.5) is 4.79 Å². The minimum atomic E-state index is -0.0543. The molecular weight excluding hydrogens is 280 g/mol. The van der Waals surface area contributed by atoms with Crippen molar-refractivity contribution in [1.82, 2.24) is 10.2 Å². The second-order valence-electron chi connectivity index (χ2n) is 6.00. The van der Waals surface area contributed by atoms with Crippen LogP contribution in [-0.4, -0.2) is 49.9 Å². The lowest BCUT2D eigenvalue weighted by Gasteiger charge is -2.31. The molecule has 2 heterocycles. The predicted molar refractivity (Wildman–Crippen MR) is 83.9 cm³/mol. The maximum absolute atomic E-state index is 12.5. The lowest BCUT2D eigenvalue weighted by molar-refractivity contribution is 0.0733. The number of fused-ring (bicyclic) bond motifs is 1. The summed E-state index contributed by atoms with van der Waals surface area (Å²) in [5.74, 6) is 0. The molecule has 3 rings (SSSR count). The quantitative estimate of drug-likeness (QED) is 0.925. The van der Waals surface area contributed by atoms with Gasteiger partial charge in [0.1, 0.15) is 6.10 Å². The number of methoxy groups -OCH3 is 1. The van der Waals surface area contributed by atoms with Gasteiger partial charge in [-0.3, -0.25) is 0 Å². The lowest BCUT2D eigenvalue weighted by atomic mass is 9.97. The molecule has 2 atom stereocenters. The Bertz CT molecular complexity index is 547. The highest BCUT2D eigenvalue weighted by molar-refractivity contribution is 5.75. The molecule has 1 N–H and O–H groups in total. The van der Waals surface area contributed by atoms with Gasteiger partial charge in [-0.15, -0.1) is 0 Å². The van der Waals surface area contributed by atoms with Crippen LogP contribution in [0.5, 0.6) is 0 Å². The molecule has 1 aromatic rings. The van der Waals surface area contributed by atoms with Gasteiger partial charge in [-0.2, -0.15) is 0 Å². The summed E-state index contributed by atoms with van der Waals surface area (Å²) in [6, 6.07) is 6.51. The highest BCUT2D eigenvalue weighted by Gasteiger charge is 2.31. The molecule has 0 radical (unpaired) electrons. The molecule has 2 aliphatic rings. The van der Waals surface area contributed by atoms with E-state index in [2.05, 4.69) is 30.4 Å². The zero-order chi connectivity index (χ0) is 15.5. The number of hydrogen-bond donors (Lipinski definition) is 1. The van der Waals surface area contributed by atoms with E-state index in [0.717, 1.165) is 19.4 Å². The molecule has 0 aliphatic carbocycles. The van der Waals surface area contributed by atoms with E-state index in [1.807, 2.05) is 4.90 Å². The van der Waals surface area contributed by atoms with Crippen LogP contribution >= 0.6 is 0 Å². The van der Waals surface area contributed by atoms with Crippen molar-refractivity contribution in [2.24, 2.45) is 0 Å². The number of rotatable bonds is 3. The predicted octanol–water partition coefficient (Wildman–Crippen LogP) is 1.73. The first-order valence-electron chi connectivity index (χ1n) is 7.98. The SMILES string of the molecule is CCc1ccc2c(c1)CCN(C(=O)N[C@@H]1COC[C@H]1OC)C2. The van der Waals surface area contributed by atoms with E-state index in [9.17, 15) is 4.79 Å². The highest BCUT2D eigenvalue weighted by Crippen LogP contribution is 2.21. The zero-order valence-electron chi connectivity index (χ0n) is 13.3. The number of nitrogens with zero attached hydrogens (tertiary/aromatic N) is 1. The standard InChI is InChI=1S/C17H24N2O3/c1-3-12-4-5-14-9-19(7-6-13(14)8-12)17(20)18-15-10-22-11-16(15)21-2/h4-5,8,15-16H,3,6-7,9-11H2,1-2H3,(H,18,20)/t15-,16-/m1/s1. The zero-order valence-corrected chi connectivity index (χ0v) is 13.3. The third kappa shape index (κ3) is 3.10. The van der Waals surface area contributed by atoms with Crippen molar-refractivity contribution in [2.75, 3.05) is 26.9 Å². The average Bonchev–Trinajstić information content (AvgIpc) is 3.00. The van der Waals surface area contributed by atoms with E-state index < -0.39 is 0 Å². The van der Waals surface area contributed by atoms with Crippen molar-refractivity contribution in [1.29, 1.82) is 0 Å². The molecule has 2 amide bonds. The smallest absolute Gasteiger partial charge is 0.318 e. The van der Waals surface area contributed by atoms with Crippen molar-refractivity contribution in [3.63, 3.8) is 0 Å². The molecule has 2 aliphatic heterocycles. The number of nitrogens with one attached hydrogen (secondary N) is 1. The third-order valence-electron chi connectivity index (χ3n) is 4.62. The molecule has 0 unspecified atom stereocenters. The van der Waals surface area contributed by atoms with Crippen LogP contribution in [0.3, 0.4) is 0 Å².